The lowest BCUT2D eigenvalue weighted by atomic mass is 10.2. The monoisotopic (exact) mass is 374 g/mol. The van der Waals surface area contributed by atoms with Gasteiger partial charge in [0.05, 0.1) is 14.2 Å². The van der Waals surface area contributed by atoms with Crippen molar-refractivity contribution in [3.8, 4) is 5.75 Å². The minimum Gasteiger partial charge on any atom is -0.497 e. The van der Waals surface area contributed by atoms with Gasteiger partial charge in [-0.1, -0.05) is 6.07 Å². The lowest BCUT2D eigenvalue weighted by Gasteiger charge is -2.22. The Kier molecular flexibility index (Phi) is 7.31. The third-order valence-corrected chi connectivity index (χ3v) is 4.02. The van der Waals surface area contributed by atoms with Crippen molar-refractivity contribution in [3.63, 3.8) is 0 Å². The Balaban J connectivity index is 1.90. The van der Waals surface area contributed by atoms with Crippen LogP contribution in [-0.4, -0.2) is 45.6 Å². The second kappa shape index (κ2) is 9.68. The quantitative estimate of drug-likeness (QED) is 0.733. The van der Waals surface area contributed by atoms with Crippen LogP contribution in [0.1, 0.15) is 6.92 Å². The summed E-state index contributed by atoms with van der Waals surface area (Å²) in [6.45, 7) is 2.61. The minimum absolute atomic E-state index is 0.129. The Morgan fingerprint density at radius 3 is 2.48 bits per heavy atom. The zero-order chi connectivity index (χ0) is 19.8. The summed E-state index contributed by atoms with van der Waals surface area (Å²) in [6.07, 6.45) is 0. The van der Waals surface area contributed by atoms with Gasteiger partial charge in [-0.3, -0.25) is 9.59 Å². The molecule has 6 nitrogen and oxygen atoms in total. The summed E-state index contributed by atoms with van der Waals surface area (Å²) in [5.74, 6) is -0.0186. The zero-order valence-corrected chi connectivity index (χ0v) is 15.8. The van der Waals surface area contributed by atoms with Gasteiger partial charge in [0.2, 0.25) is 0 Å². The predicted molar refractivity (Wildman–Crippen MR) is 103 cm³/mol. The van der Waals surface area contributed by atoms with Crippen molar-refractivity contribution in [3.05, 3.63) is 54.3 Å². The van der Waals surface area contributed by atoms with Crippen LogP contribution in [0.25, 0.3) is 0 Å². The van der Waals surface area contributed by atoms with E-state index in [-0.39, 0.29) is 30.7 Å². The molecule has 0 aromatic heterocycles. The molecule has 0 aliphatic rings. The molecule has 0 aliphatic carbocycles. The number of anilines is 2. The van der Waals surface area contributed by atoms with E-state index in [9.17, 15) is 14.0 Å². The van der Waals surface area contributed by atoms with Gasteiger partial charge in [-0.25, -0.2) is 4.39 Å². The van der Waals surface area contributed by atoms with E-state index in [1.54, 1.807) is 55.5 Å². The first-order chi connectivity index (χ1) is 12.9. The number of carbonyl (C=O) groups is 2. The molecule has 2 N–H and O–H groups in total. The Bertz CT molecular complexity index is 780. The highest BCUT2D eigenvalue weighted by atomic mass is 19.1. The maximum Gasteiger partial charge on any atom is 0.282 e. The number of ether oxygens (including phenoxy) is 1. The summed E-state index contributed by atoms with van der Waals surface area (Å²) in [7, 11) is 3.34. The average molecular weight is 374 g/mol. The number of nitrogens with zero attached hydrogens (tertiary/aromatic N) is 1. The summed E-state index contributed by atoms with van der Waals surface area (Å²) in [5, 5.41) is 2.80. The summed E-state index contributed by atoms with van der Waals surface area (Å²) in [5.41, 5.74) is 1.28. The molecule has 0 bridgehead atoms. The molecule has 0 saturated heterocycles. The van der Waals surface area contributed by atoms with E-state index >= 15 is 0 Å². The summed E-state index contributed by atoms with van der Waals surface area (Å²) >= 11 is 0. The maximum absolute atomic E-state index is 13.1. The average Bonchev–Trinajstić information content (AvgIpc) is 2.63. The van der Waals surface area contributed by atoms with Gasteiger partial charge in [0.15, 0.2) is 13.1 Å². The SMILES string of the molecule is CCN(C(=O)C[NH+](C)CC(=O)Nc1cccc(OC)c1)c1ccc(F)cc1. The van der Waals surface area contributed by atoms with E-state index in [0.717, 1.165) is 4.90 Å². The number of carbonyl (C=O) groups excluding carboxylic acids is 2. The number of methoxy groups -OCH3 is 1. The van der Waals surface area contributed by atoms with Crippen LogP contribution in [0.4, 0.5) is 15.8 Å². The molecule has 2 aromatic rings. The number of hydrogen-bond acceptors (Lipinski definition) is 3. The fourth-order valence-electron chi connectivity index (χ4n) is 2.72. The van der Waals surface area contributed by atoms with Crippen LogP contribution in [-0.2, 0) is 9.59 Å². The van der Waals surface area contributed by atoms with Gasteiger partial charge in [-0.05, 0) is 43.3 Å². The maximum atomic E-state index is 13.1. The Hall–Kier alpha value is -2.93. The van der Waals surface area contributed by atoms with Crippen molar-refractivity contribution in [2.75, 3.05) is 44.0 Å². The Morgan fingerprint density at radius 2 is 1.85 bits per heavy atom. The van der Waals surface area contributed by atoms with Crippen molar-refractivity contribution in [2.45, 2.75) is 6.92 Å². The van der Waals surface area contributed by atoms with Gasteiger partial charge in [0.25, 0.3) is 11.8 Å². The summed E-state index contributed by atoms with van der Waals surface area (Å²) in [4.78, 5) is 27.1. The van der Waals surface area contributed by atoms with Crippen LogP contribution in [0, 0.1) is 5.82 Å². The number of amides is 2. The van der Waals surface area contributed by atoms with Crippen LogP contribution in [0.3, 0.4) is 0 Å². The topological polar surface area (TPSA) is 63.1 Å². The molecular weight excluding hydrogens is 349 g/mol. The first-order valence-electron chi connectivity index (χ1n) is 8.74. The second-order valence-electron chi connectivity index (χ2n) is 6.21. The van der Waals surface area contributed by atoms with Gasteiger partial charge in [0, 0.05) is 24.0 Å². The van der Waals surface area contributed by atoms with Gasteiger partial charge in [0.1, 0.15) is 11.6 Å². The molecule has 2 rings (SSSR count). The van der Waals surface area contributed by atoms with Gasteiger partial charge >= 0.3 is 0 Å². The van der Waals surface area contributed by atoms with Gasteiger partial charge in [-0.15, -0.1) is 0 Å². The normalized spacial score (nSPS) is 11.6. The Morgan fingerprint density at radius 1 is 1.15 bits per heavy atom. The van der Waals surface area contributed by atoms with E-state index in [4.69, 9.17) is 4.74 Å². The van der Waals surface area contributed by atoms with Crippen LogP contribution in [0.2, 0.25) is 0 Å². The number of nitrogens with one attached hydrogen (secondary N) is 2. The van der Waals surface area contributed by atoms with Crippen molar-refractivity contribution in [1.82, 2.24) is 0 Å². The van der Waals surface area contributed by atoms with E-state index < -0.39 is 0 Å². The largest absolute Gasteiger partial charge is 0.497 e. The van der Waals surface area contributed by atoms with E-state index in [2.05, 4.69) is 5.32 Å². The first kappa shape index (κ1) is 20.4. The molecule has 0 fully saturated rings. The van der Waals surface area contributed by atoms with Crippen LogP contribution < -0.4 is 19.9 Å². The third-order valence-electron chi connectivity index (χ3n) is 4.02. The number of benzene rings is 2. The molecule has 2 amide bonds. The minimum atomic E-state index is -0.348. The van der Waals surface area contributed by atoms with E-state index in [1.807, 2.05) is 6.92 Å². The van der Waals surface area contributed by atoms with Gasteiger partial charge < -0.3 is 19.9 Å². The molecule has 1 atom stereocenters. The molecular formula is C20H25FN3O3+. The molecule has 2 aromatic carbocycles. The third kappa shape index (κ3) is 6.07. The van der Waals surface area contributed by atoms with E-state index in [0.29, 0.717) is 23.7 Å². The number of halogens is 1. The fourth-order valence-corrected chi connectivity index (χ4v) is 2.72. The highest BCUT2D eigenvalue weighted by Crippen LogP contribution is 2.16. The van der Waals surface area contributed by atoms with Gasteiger partial charge in [-0.2, -0.15) is 0 Å². The van der Waals surface area contributed by atoms with Crippen molar-refractivity contribution >= 4 is 23.2 Å². The second-order valence-corrected chi connectivity index (χ2v) is 6.21. The number of rotatable bonds is 8. The standard InChI is InChI=1S/C20H24FN3O3/c1-4-24(17-10-8-15(21)9-11-17)20(26)14-23(2)13-19(25)22-16-6-5-7-18(12-16)27-3/h5-12H,4,13-14H2,1-3H3,(H,22,25)/p+1. The lowest BCUT2D eigenvalue weighted by molar-refractivity contribution is -0.862. The number of hydrogen-bond donors (Lipinski definition) is 2. The zero-order valence-electron chi connectivity index (χ0n) is 15.8. The fraction of sp³-hybridized carbons (Fsp3) is 0.300. The number of quaternary nitrogens is 1. The van der Waals surface area contributed by atoms with Crippen LogP contribution in [0.5, 0.6) is 5.75 Å². The predicted octanol–water partition coefficient (Wildman–Crippen LogP) is 1.34. The van der Waals surface area contributed by atoms with E-state index in [1.165, 1.54) is 12.1 Å². The number of likely N-dealkylation sites (N-methyl/N-ethyl adjacent to an activating group) is 2. The molecule has 0 aliphatic heterocycles. The molecule has 0 heterocycles. The van der Waals surface area contributed by atoms with Crippen LogP contribution >= 0.6 is 0 Å². The molecule has 0 saturated carbocycles. The van der Waals surface area contributed by atoms with Crippen LogP contribution in [0.15, 0.2) is 48.5 Å². The summed E-state index contributed by atoms with van der Waals surface area (Å²) in [6, 6.07) is 12.9. The molecule has 27 heavy (non-hydrogen) atoms. The molecule has 0 spiro atoms. The first-order valence-corrected chi connectivity index (χ1v) is 8.74. The highest BCUT2D eigenvalue weighted by Gasteiger charge is 2.20. The molecule has 0 radical (unpaired) electrons. The molecule has 7 heteroatoms. The Labute approximate surface area is 158 Å². The van der Waals surface area contributed by atoms with Crippen molar-refractivity contribution in [1.29, 1.82) is 0 Å². The highest BCUT2D eigenvalue weighted by molar-refractivity contribution is 5.94. The van der Waals surface area contributed by atoms with Crippen molar-refractivity contribution in [2.24, 2.45) is 0 Å². The smallest absolute Gasteiger partial charge is 0.282 e. The van der Waals surface area contributed by atoms with Crippen molar-refractivity contribution < 1.29 is 23.6 Å². The molecule has 1 unspecified atom stereocenters. The summed E-state index contributed by atoms with van der Waals surface area (Å²) < 4.78 is 18.2. The lowest BCUT2D eigenvalue weighted by Crippen LogP contribution is -3.11. The molecule has 144 valence electrons.